The molecule has 2 aromatic rings. The minimum absolute atomic E-state index is 0.000377. The van der Waals surface area contributed by atoms with Gasteiger partial charge in [0.05, 0.1) is 24.1 Å². The van der Waals surface area contributed by atoms with E-state index < -0.39 is 29.3 Å². The summed E-state index contributed by atoms with van der Waals surface area (Å²) in [5, 5.41) is 11.0. The maximum atomic E-state index is 13.7. The second-order valence-electron chi connectivity index (χ2n) is 8.62. The second-order valence-corrected chi connectivity index (χ2v) is 9.43. The SMILES string of the molecule is C[N+]1(C)C2C=CC1CC(OC(=O)C(O)(c1ccc(F)c(Cl)c1)c1ccc(F)c(Cl)c1)C2. The van der Waals surface area contributed by atoms with E-state index in [2.05, 4.69) is 26.2 Å². The molecule has 2 aliphatic rings. The Hall–Kier alpha value is -1.99. The molecule has 0 aromatic heterocycles. The molecule has 2 bridgehead atoms. The van der Waals surface area contributed by atoms with E-state index in [0.29, 0.717) is 12.8 Å². The summed E-state index contributed by atoms with van der Waals surface area (Å²) in [5.41, 5.74) is -2.35. The smallest absolute Gasteiger partial charge is 0.347 e. The molecule has 164 valence electrons. The fourth-order valence-corrected chi connectivity index (χ4v) is 4.82. The number of ether oxygens (including phenoxy) is 1. The van der Waals surface area contributed by atoms with Crippen LogP contribution in [0.2, 0.25) is 10.0 Å². The van der Waals surface area contributed by atoms with E-state index >= 15 is 0 Å². The number of fused-ring (bicyclic) bond motifs is 2. The lowest BCUT2D eigenvalue weighted by Gasteiger charge is -2.44. The number of carbonyl (C=O) groups is 1. The van der Waals surface area contributed by atoms with Crippen molar-refractivity contribution in [3.05, 3.63) is 81.4 Å². The van der Waals surface area contributed by atoms with Gasteiger partial charge in [0.2, 0.25) is 5.60 Å². The van der Waals surface area contributed by atoms with Crippen LogP contribution in [0, 0.1) is 11.6 Å². The van der Waals surface area contributed by atoms with Crippen molar-refractivity contribution in [2.45, 2.75) is 36.6 Å². The van der Waals surface area contributed by atoms with Crippen molar-refractivity contribution in [2.24, 2.45) is 0 Å². The van der Waals surface area contributed by atoms with Crippen LogP contribution in [0.25, 0.3) is 0 Å². The van der Waals surface area contributed by atoms with E-state index in [4.69, 9.17) is 27.9 Å². The quantitative estimate of drug-likeness (QED) is 0.405. The van der Waals surface area contributed by atoms with Crippen molar-refractivity contribution in [3.8, 4) is 0 Å². The lowest BCUT2D eigenvalue weighted by atomic mass is 9.86. The second kappa shape index (κ2) is 7.85. The molecule has 4 rings (SSSR count). The molecule has 1 fully saturated rings. The van der Waals surface area contributed by atoms with Crippen molar-refractivity contribution >= 4 is 29.2 Å². The maximum absolute atomic E-state index is 13.7. The Morgan fingerprint density at radius 3 is 1.87 bits per heavy atom. The van der Waals surface area contributed by atoms with E-state index in [1.54, 1.807) is 0 Å². The number of hydrogen-bond acceptors (Lipinski definition) is 3. The molecule has 0 saturated carbocycles. The van der Waals surface area contributed by atoms with Crippen LogP contribution in [-0.2, 0) is 15.1 Å². The van der Waals surface area contributed by atoms with Gasteiger partial charge in [-0.25, -0.2) is 13.6 Å². The average molecular weight is 469 g/mol. The molecule has 0 spiro atoms. The van der Waals surface area contributed by atoms with E-state index in [1.807, 2.05) is 0 Å². The molecule has 0 radical (unpaired) electrons. The zero-order valence-corrected chi connectivity index (χ0v) is 18.5. The lowest BCUT2D eigenvalue weighted by Crippen LogP contribution is -2.57. The predicted octanol–water partition coefficient (Wildman–Crippen LogP) is 4.60. The monoisotopic (exact) mass is 468 g/mol. The zero-order chi connectivity index (χ0) is 22.6. The summed E-state index contributed by atoms with van der Waals surface area (Å²) in [6.07, 6.45) is 5.06. The molecule has 8 heteroatoms. The fourth-order valence-electron chi connectivity index (χ4n) is 4.46. The van der Waals surface area contributed by atoms with Crippen molar-refractivity contribution in [3.63, 3.8) is 0 Å². The Morgan fingerprint density at radius 1 is 1.00 bits per heavy atom. The largest absolute Gasteiger partial charge is 0.459 e. The van der Waals surface area contributed by atoms with Crippen molar-refractivity contribution in [1.82, 2.24) is 0 Å². The predicted molar refractivity (Wildman–Crippen MR) is 114 cm³/mol. The number of piperidine rings is 1. The Balaban J connectivity index is 1.70. The van der Waals surface area contributed by atoms with Gasteiger partial charge in [0.25, 0.3) is 0 Å². The summed E-state index contributed by atoms with van der Waals surface area (Å²) in [6, 6.07) is 7.29. The number of carbonyl (C=O) groups excluding carboxylic acids is 1. The van der Waals surface area contributed by atoms with Gasteiger partial charge < -0.3 is 14.3 Å². The van der Waals surface area contributed by atoms with Crippen molar-refractivity contribution in [1.29, 1.82) is 0 Å². The molecule has 2 aromatic carbocycles. The normalized spacial score (nSPS) is 24.3. The highest BCUT2D eigenvalue weighted by Gasteiger charge is 2.49. The third-order valence-electron chi connectivity index (χ3n) is 6.52. The summed E-state index contributed by atoms with van der Waals surface area (Å²) in [4.78, 5) is 13.4. The first-order chi connectivity index (χ1) is 14.5. The van der Waals surface area contributed by atoms with Gasteiger partial charge in [0.15, 0.2) is 0 Å². The number of halogens is 4. The van der Waals surface area contributed by atoms with Crippen molar-refractivity contribution in [2.75, 3.05) is 14.1 Å². The van der Waals surface area contributed by atoms with Crippen LogP contribution in [0.1, 0.15) is 24.0 Å². The number of quaternary nitrogens is 1. The van der Waals surface area contributed by atoms with E-state index in [0.717, 1.165) is 28.7 Å². The number of likely N-dealkylation sites (N-methyl/N-ethyl adjacent to an activating group) is 1. The van der Waals surface area contributed by atoms with E-state index in [9.17, 15) is 18.7 Å². The van der Waals surface area contributed by atoms with Crippen LogP contribution >= 0.6 is 23.2 Å². The summed E-state index contributed by atoms with van der Waals surface area (Å²) in [7, 11) is 4.26. The van der Waals surface area contributed by atoms with Gasteiger partial charge in [-0.2, -0.15) is 0 Å². The third kappa shape index (κ3) is 3.76. The molecule has 2 unspecified atom stereocenters. The number of nitrogens with zero attached hydrogens (tertiary/aromatic N) is 1. The Bertz CT molecular complexity index is 1000. The van der Waals surface area contributed by atoms with Gasteiger partial charge in [-0.3, -0.25) is 0 Å². The van der Waals surface area contributed by atoms with E-state index in [1.165, 1.54) is 12.1 Å². The number of esters is 1. The van der Waals surface area contributed by atoms with Crippen LogP contribution in [-0.4, -0.2) is 47.8 Å². The molecule has 31 heavy (non-hydrogen) atoms. The highest BCUT2D eigenvalue weighted by molar-refractivity contribution is 6.31. The Labute approximate surface area is 189 Å². The van der Waals surface area contributed by atoms with Gasteiger partial charge in [-0.05, 0) is 36.4 Å². The van der Waals surface area contributed by atoms with Gasteiger partial charge in [0, 0.05) is 24.0 Å². The molecule has 1 N–H and O–H groups in total. The lowest BCUT2D eigenvalue weighted by molar-refractivity contribution is -0.926. The molecule has 0 aliphatic carbocycles. The summed E-state index contributed by atoms with van der Waals surface area (Å²) in [6.45, 7) is 0. The number of aliphatic hydroxyl groups is 1. The first-order valence-electron chi connectivity index (χ1n) is 9.89. The van der Waals surface area contributed by atoms with Crippen LogP contribution in [0.3, 0.4) is 0 Å². The minimum atomic E-state index is -2.34. The molecule has 2 atom stereocenters. The molecular formula is C23H22Cl2F2NO3+. The highest BCUT2D eigenvalue weighted by atomic mass is 35.5. The maximum Gasteiger partial charge on any atom is 0.347 e. The molecule has 2 aliphatic heterocycles. The Morgan fingerprint density at radius 2 is 1.45 bits per heavy atom. The average Bonchev–Trinajstić information content (AvgIpc) is 2.88. The highest BCUT2D eigenvalue weighted by Crippen LogP contribution is 2.39. The van der Waals surface area contributed by atoms with Gasteiger partial charge in [-0.15, -0.1) is 0 Å². The first-order valence-corrected chi connectivity index (χ1v) is 10.6. The summed E-state index contributed by atoms with van der Waals surface area (Å²) in [5.74, 6) is -2.35. The fraction of sp³-hybridized carbons (Fsp3) is 0.348. The van der Waals surface area contributed by atoms with Crippen LogP contribution < -0.4 is 0 Å². The van der Waals surface area contributed by atoms with Crippen LogP contribution in [0.4, 0.5) is 8.78 Å². The molecule has 2 heterocycles. The zero-order valence-electron chi connectivity index (χ0n) is 17.0. The molecule has 1 saturated heterocycles. The number of benzene rings is 2. The third-order valence-corrected chi connectivity index (χ3v) is 7.10. The van der Waals surface area contributed by atoms with Crippen LogP contribution in [0.15, 0.2) is 48.6 Å². The summed E-state index contributed by atoms with van der Waals surface area (Å²) < 4.78 is 34.0. The van der Waals surface area contributed by atoms with Crippen molar-refractivity contribution < 1.29 is 27.9 Å². The summed E-state index contributed by atoms with van der Waals surface area (Å²) >= 11 is 11.8. The van der Waals surface area contributed by atoms with Gasteiger partial charge >= 0.3 is 5.97 Å². The topological polar surface area (TPSA) is 46.5 Å². The number of rotatable bonds is 4. The minimum Gasteiger partial charge on any atom is -0.459 e. The van der Waals surface area contributed by atoms with Crippen LogP contribution in [0.5, 0.6) is 0 Å². The first kappa shape index (κ1) is 22.2. The van der Waals surface area contributed by atoms with E-state index in [-0.39, 0.29) is 33.3 Å². The molecular weight excluding hydrogens is 447 g/mol. The standard InChI is InChI=1S/C23H22Cl2F2NO3/c1-28(2)15-5-6-16(28)12-17(11-15)31-22(29)23(30,13-3-7-20(26)18(24)9-13)14-4-8-21(27)19(25)10-14/h3-10,15-17,30H,11-12H2,1-2H3/q+1. The molecule has 4 nitrogen and oxygen atoms in total. The Kier molecular flexibility index (Phi) is 5.63. The van der Waals surface area contributed by atoms with Gasteiger partial charge in [-0.1, -0.05) is 35.3 Å². The number of hydrogen-bond donors (Lipinski definition) is 1. The molecule has 0 amide bonds. The van der Waals surface area contributed by atoms with Gasteiger partial charge in [0.1, 0.15) is 29.8 Å².